The van der Waals surface area contributed by atoms with Crippen LogP contribution in [-0.4, -0.2) is 62.7 Å². The second kappa shape index (κ2) is 3.87. The summed E-state index contributed by atoms with van der Waals surface area (Å²) in [4.78, 5) is 15.2. The molecule has 0 bridgehead atoms. The summed E-state index contributed by atoms with van der Waals surface area (Å²) in [5.74, 6) is 0.122. The molecule has 1 rings (SSSR count). The van der Waals surface area contributed by atoms with Gasteiger partial charge in [0.1, 0.15) is 6.04 Å². The van der Waals surface area contributed by atoms with Gasteiger partial charge < -0.3 is 9.64 Å². The highest BCUT2D eigenvalue weighted by molar-refractivity contribution is 5.81. The molecule has 1 aliphatic heterocycles. The van der Waals surface area contributed by atoms with Gasteiger partial charge in [-0.2, -0.15) is 0 Å². The molecule has 0 N–H and O–H groups in total. The van der Waals surface area contributed by atoms with Gasteiger partial charge in [0.2, 0.25) is 5.91 Å². The molecule has 0 aromatic heterocycles. The van der Waals surface area contributed by atoms with Crippen LogP contribution in [0.5, 0.6) is 0 Å². The van der Waals surface area contributed by atoms with Crippen LogP contribution in [-0.2, 0) is 9.53 Å². The molecule has 1 atom stereocenters. The maximum atomic E-state index is 11.5. The highest BCUT2D eigenvalue weighted by Gasteiger charge is 2.27. The zero-order chi connectivity index (χ0) is 9.14. The third-order valence-electron chi connectivity index (χ3n) is 2.12. The standard InChI is InChI=1S/C8H16N2O2/c1-9(2)8(11)7-6-12-5-4-10(7)3/h7H,4-6H2,1-3H3/t7-/m0/s1. The van der Waals surface area contributed by atoms with Gasteiger partial charge in [-0.3, -0.25) is 9.69 Å². The molecule has 4 heteroatoms. The molecule has 0 unspecified atom stereocenters. The fourth-order valence-corrected chi connectivity index (χ4v) is 1.24. The van der Waals surface area contributed by atoms with Crippen molar-refractivity contribution in [3.63, 3.8) is 0 Å². The predicted molar refractivity (Wildman–Crippen MR) is 45.9 cm³/mol. The van der Waals surface area contributed by atoms with Crippen molar-refractivity contribution in [1.82, 2.24) is 9.80 Å². The summed E-state index contributed by atoms with van der Waals surface area (Å²) < 4.78 is 5.23. The number of nitrogens with zero attached hydrogens (tertiary/aromatic N) is 2. The third kappa shape index (κ3) is 1.95. The van der Waals surface area contributed by atoms with Gasteiger partial charge in [0.15, 0.2) is 0 Å². The van der Waals surface area contributed by atoms with E-state index in [9.17, 15) is 4.79 Å². The van der Waals surface area contributed by atoms with Gasteiger partial charge in [-0.1, -0.05) is 0 Å². The summed E-state index contributed by atoms with van der Waals surface area (Å²) in [6, 6.07) is -0.0891. The Morgan fingerprint density at radius 1 is 1.58 bits per heavy atom. The largest absolute Gasteiger partial charge is 0.378 e. The molecule has 1 fully saturated rings. The first-order valence-corrected chi connectivity index (χ1v) is 4.12. The van der Waals surface area contributed by atoms with Crippen molar-refractivity contribution in [2.75, 3.05) is 40.9 Å². The number of likely N-dealkylation sites (N-methyl/N-ethyl adjacent to an activating group) is 2. The molecule has 1 aliphatic rings. The Kier molecular flexibility index (Phi) is 3.05. The summed E-state index contributed by atoms with van der Waals surface area (Å²) in [5.41, 5.74) is 0. The highest BCUT2D eigenvalue weighted by Crippen LogP contribution is 2.05. The quantitative estimate of drug-likeness (QED) is 0.530. The normalized spacial score (nSPS) is 25.4. The summed E-state index contributed by atoms with van der Waals surface area (Å²) in [7, 11) is 5.49. The zero-order valence-electron chi connectivity index (χ0n) is 7.91. The molecule has 0 aliphatic carbocycles. The molecular formula is C8H16N2O2. The molecule has 0 aromatic carbocycles. The first kappa shape index (κ1) is 9.48. The van der Waals surface area contributed by atoms with E-state index in [1.807, 2.05) is 11.9 Å². The lowest BCUT2D eigenvalue weighted by Gasteiger charge is -2.32. The van der Waals surface area contributed by atoms with Crippen LogP contribution in [0.15, 0.2) is 0 Å². The van der Waals surface area contributed by atoms with Crippen molar-refractivity contribution in [2.45, 2.75) is 6.04 Å². The number of carbonyl (C=O) groups is 1. The van der Waals surface area contributed by atoms with Crippen LogP contribution in [0, 0.1) is 0 Å². The van der Waals surface area contributed by atoms with Crippen LogP contribution in [0.4, 0.5) is 0 Å². The molecule has 0 spiro atoms. The van der Waals surface area contributed by atoms with Crippen LogP contribution < -0.4 is 0 Å². The number of morpholine rings is 1. The van der Waals surface area contributed by atoms with E-state index in [1.165, 1.54) is 0 Å². The monoisotopic (exact) mass is 172 g/mol. The molecule has 1 amide bonds. The summed E-state index contributed by atoms with van der Waals surface area (Å²) in [6.45, 7) is 2.09. The lowest BCUT2D eigenvalue weighted by molar-refractivity contribution is -0.139. The van der Waals surface area contributed by atoms with E-state index in [4.69, 9.17) is 4.74 Å². The van der Waals surface area contributed by atoms with E-state index in [1.54, 1.807) is 19.0 Å². The van der Waals surface area contributed by atoms with Gasteiger partial charge in [0.25, 0.3) is 0 Å². The number of hydrogen-bond acceptors (Lipinski definition) is 3. The van der Waals surface area contributed by atoms with Gasteiger partial charge in [-0.15, -0.1) is 0 Å². The van der Waals surface area contributed by atoms with Gasteiger partial charge in [-0.05, 0) is 7.05 Å². The lowest BCUT2D eigenvalue weighted by Crippen LogP contribution is -2.51. The molecule has 1 heterocycles. The Morgan fingerprint density at radius 2 is 2.25 bits per heavy atom. The lowest BCUT2D eigenvalue weighted by atomic mass is 10.2. The Hall–Kier alpha value is -0.610. The number of ether oxygens (including phenoxy) is 1. The molecule has 1 saturated heterocycles. The number of hydrogen-bond donors (Lipinski definition) is 0. The van der Waals surface area contributed by atoms with Gasteiger partial charge >= 0.3 is 0 Å². The van der Waals surface area contributed by atoms with Gasteiger partial charge in [0.05, 0.1) is 13.2 Å². The first-order valence-electron chi connectivity index (χ1n) is 4.12. The Bertz CT molecular complexity index is 170. The molecule has 0 radical (unpaired) electrons. The second-order valence-electron chi connectivity index (χ2n) is 3.30. The maximum absolute atomic E-state index is 11.5. The Labute approximate surface area is 73.1 Å². The third-order valence-corrected chi connectivity index (χ3v) is 2.12. The van der Waals surface area contributed by atoms with Crippen LogP contribution in [0.25, 0.3) is 0 Å². The fraction of sp³-hybridized carbons (Fsp3) is 0.875. The molecular weight excluding hydrogens is 156 g/mol. The van der Waals surface area contributed by atoms with Crippen molar-refractivity contribution >= 4 is 5.91 Å². The summed E-state index contributed by atoms with van der Waals surface area (Å²) >= 11 is 0. The van der Waals surface area contributed by atoms with E-state index in [0.29, 0.717) is 6.61 Å². The maximum Gasteiger partial charge on any atom is 0.241 e. The van der Waals surface area contributed by atoms with Crippen molar-refractivity contribution in [1.29, 1.82) is 0 Å². The summed E-state index contributed by atoms with van der Waals surface area (Å²) in [6.07, 6.45) is 0. The predicted octanol–water partition coefficient (Wildman–Crippen LogP) is -0.595. The minimum absolute atomic E-state index is 0.0891. The van der Waals surface area contributed by atoms with Gasteiger partial charge in [-0.25, -0.2) is 0 Å². The van der Waals surface area contributed by atoms with E-state index >= 15 is 0 Å². The number of carbonyl (C=O) groups excluding carboxylic acids is 1. The molecule has 4 nitrogen and oxygen atoms in total. The minimum atomic E-state index is -0.0891. The average molecular weight is 172 g/mol. The van der Waals surface area contributed by atoms with Crippen molar-refractivity contribution < 1.29 is 9.53 Å². The van der Waals surface area contributed by atoms with E-state index in [0.717, 1.165) is 13.2 Å². The smallest absolute Gasteiger partial charge is 0.241 e. The molecule has 70 valence electrons. The molecule has 0 saturated carbocycles. The van der Waals surface area contributed by atoms with E-state index in [-0.39, 0.29) is 11.9 Å². The Balaban J connectivity index is 2.53. The van der Waals surface area contributed by atoms with E-state index in [2.05, 4.69) is 0 Å². The van der Waals surface area contributed by atoms with Crippen molar-refractivity contribution in [3.05, 3.63) is 0 Å². The van der Waals surface area contributed by atoms with Crippen LogP contribution >= 0.6 is 0 Å². The van der Waals surface area contributed by atoms with Crippen molar-refractivity contribution in [2.24, 2.45) is 0 Å². The fourth-order valence-electron chi connectivity index (χ4n) is 1.24. The Morgan fingerprint density at radius 3 is 2.75 bits per heavy atom. The minimum Gasteiger partial charge on any atom is -0.378 e. The molecule has 0 aromatic rings. The summed E-state index contributed by atoms with van der Waals surface area (Å²) in [5, 5.41) is 0. The topological polar surface area (TPSA) is 32.8 Å². The highest BCUT2D eigenvalue weighted by atomic mass is 16.5. The number of rotatable bonds is 1. The van der Waals surface area contributed by atoms with Crippen LogP contribution in [0.1, 0.15) is 0 Å². The molecule has 12 heavy (non-hydrogen) atoms. The average Bonchev–Trinajstić information content (AvgIpc) is 2.04. The second-order valence-corrected chi connectivity index (χ2v) is 3.30. The van der Waals surface area contributed by atoms with Crippen molar-refractivity contribution in [3.8, 4) is 0 Å². The van der Waals surface area contributed by atoms with E-state index < -0.39 is 0 Å². The zero-order valence-corrected chi connectivity index (χ0v) is 7.91. The van der Waals surface area contributed by atoms with Crippen LogP contribution in [0.3, 0.4) is 0 Å². The SMILES string of the molecule is CN(C)C(=O)[C@@H]1COCCN1C. The van der Waals surface area contributed by atoms with Crippen LogP contribution in [0.2, 0.25) is 0 Å². The first-order chi connectivity index (χ1) is 5.63. The van der Waals surface area contributed by atoms with Gasteiger partial charge in [0, 0.05) is 20.6 Å². The number of amides is 1.